The zero-order chi connectivity index (χ0) is 15.2. The molecule has 0 heterocycles. The van der Waals surface area contributed by atoms with E-state index in [0.29, 0.717) is 11.3 Å². The van der Waals surface area contributed by atoms with E-state index in [9.17, 15) is 4.79 Å². The van der Waals surface area contributed by atoms with Crippen molar-refractivity contribution in [2.45, 2.75) is 26.3 Å². The van der Waals surface area contributed by atoms with Crippen molar-refractivity contribution in [3.8, 4) is 5.75 Å². The molecule has 0 aliphatic heterocycles. The molecule has 2 aromatic carbocycles. The number of amides is 1. The molecule has 0 bridgehead atoms. The molecule has 0 spiro atoms. The van der Waals surface area contributed by atoms with Crippen LogP contribution in [-0.2, 0) is 6.42 Å². The van der Waals surface area contributed by atoms with Crippen LogP contribution in [0.3, 0.4) is 0 Å². The summed E-state index contributed by atoms with van der Waals surface area (Å²) in [4.78, 5) is 12.3. The molecule has 0 aliphatic rings. The number of carbonyl (C=O) groups is 1. The van der Waals surface area contributed by atoms with Gasteiger partial charge in [0.1, 0.15) is 5.75 Å². The van der Waals surface area contributed by atoms with Gasteiger partial charge in [-0.05, 0) is 42.7 Å². The van der Waals surface area contributed by atoms with Gasteiger partial charge in [0.15, 0.2) is 0 Å². The molecule has 0 saturated carbocycles. The molecule has 1 unspecified atom stereocenters. The van der Waals surface area contributed by atoms with Gasteiger partial charge in [-0.1, -0.05) is 37.3 Å². The number of hydrogen-bond donors (Lipinski definition) is 1. The summed E-state index contributed by atoms with van der Waals surface area (Å²) in [6.07, 6.45) is 1.02. The number of carbonyl (C=O) groups excluding carboxylic acids is 1. The maximum atomic E-state index is 12.3. The van der Waals surface area contributed by atoms with Crippen LogP contribution in [0.15, 0.2) is 48.5 Å². The number of rotatable bonds is 5. The van der Waals surface area contributed by atoms with Gasteiger partial charge in [0.25, 0.3) is 5.91 Å². The number of hydrogen-bond acceptors (Lipinski definition) is 2. The Balaban J connectivity index is 2.06. The van der Waals surface area contributed by atoms with E-state index in [1.54, 1.807) is 19.2 Å². The summed E-state index contributed by atoms with van der Waals surface area (Å²) in [6, 6.07) is 15.5. The maximum Gasteiger partial charge on any atom is 0.251 e. The van der Waals surface area contributed by atoms with E-state index in [-0.39, 0.29) is 11.9 Å². The van der Waals surface area contributed by atoms with Gasteiger partial charge in [0.2, 0.25) is 0 Å². The van der Waals surface area contributed by atoms with Crippen molar-refractivity contribution in [3.63, 3.8) is 0 Å². The van der Waals surface area contributed by atoms with Crippen LogP contribution in [0.5, 0.6) is 5.75 Å². The average Bonchev–Trinajstić information content (AvgIpc) is 2.54. The van der Waals surface area contributed by atoms with Crippen LogP contribution in [0.4, 0.5) is 0 Å². The Morgan fingerprint density at radius 3 is 2.52 bits per heavy atom. The molecule has 0 aromatic heterocycles. The number of benzene rings is 2. The summed E-state index contributed by atoms with van der Waals surface area (Å²) in [5, 5.41) is 3.01. The Kier molecular flexibility index (Phi) is 4.99. The smallest absolute Gasteiger partial charge is 0.251 e. The third kappa shape index (κ3) is 3.85. The SMILES string of the molecule is CCc1ccc(C(C)NC(=O)c2cccc(OC)c2)cc1. The molecular weight excluding hydrogens is 262 g/mol. The molecule has 3 heteroatoms. The Bertz CT molecular complexity index is 605. The van der Waals surface area contributed by atoms with Gasteiger partial charge in [-0.3, -0.25) is 4.79 Å². The van der Waals surface area contributed by atoms with E-state index in [2.05, 4.69) is 36.5 Å². The fourth-order valence-electron chi connectivity index (χ4n) is 2.17. The van der Waals surface area contributed by atoms with Crippen LogP contribution in [0.2, 0.25) is 0 Å². The van der Waals surface area contributed by atoms with Crippen molar-refractivity contribution < 1.29 is 9.53 Å². The van der Waals surface area contributed by atoms with Crippen LogP contribution >= 0.6 is 0 Å². The summed E-state index contributed by atoms with van der Waals surface area (Å²) in [5.41, 5.74) is 3.00. The minimum absolute atomic E-state index is 0.0328. The Morgan fingerprint density at radius 1 is 1.19 bits per heavy atom. The molecule has 21 heavy (non-hydrogen) atoms. The first-order valence-corrected chi connectivity index (χ1v) is 7.17. The Hall–Kier alpha value is -2.29. The van der Waals surface area contributed by atoms with Gasteiger partial charge >= 0.3 is 0 Å². The van der Waals surface area contributed by atoms with E-state index in [0.717, 1.165) is 12.0 Å². The van der Waals surface area contributed by atoms with Crippen molar-refractivity contribution in [1.29, 1.82) is 0 Å². The van der Waals surface area contributed by atoms with Gasteiger partial charge in [-0.15, -0.1) is 0 Å². The lowest BCUT2D eigenvalue weighted by atomic mass is 10.0. The minimum Gasteiger partial charge on any atom is -0.497 e. The molecule has 0 fully saturated rings. The lowest BCUT2D eigenvalue weighted by molar-refractivity contribution is 0.0939. The van der Waals surface area contributed by atoms with Crippen molar-refractivity contribution in [1.82, 2.24) is 5.32 Å². The summed E-state index contributed by atoms with van der Waals surface area (Å²) in [7, 11) is 1.59. The van der Waals surface area contributed by atoms with Crippen molar-refractivity contribution in [2.24, 2.45) is 0 Å². The first kappa shape index (κ1) is 15.1. The van der Waals surface area contributed by atoms with Crippen LogP contribution in [0, 0.1) is 0 Å². The predicted molar refractivity (Wildman–Crippen MR) is 84.7 cm³/mol. The van der Waals surface area contributed by atoms with Crippen LogP contribution in [0.25, 0.3) is 0 Å². The van der Waals surface area contributed by atoms with E-state index in [1.165, 1.54) is 5.56 Å². The van der Waals surface area contributed by atoms with Gasteiger partial charge in [-0.25, -0.2) is 0 Å². The molecule has 110 valence electrons. The fraction of sp³-hybridized carbons (Fsp3) is 0.278. The van der Waals surface area contributed by atoms with Gasteiger partial charge in [0.05, 0.1) is 13.2 Å². The molecule has 3 nitrogen and oxygen atoms in total. The lowest BCUT2D eigenvalue weighted by Crippen LogP contribution is -2.26. The number of aryl methyl sites for hydroxylation is 1. The highest BCUT2D eigenvalue weighted by atomic mass is 16.5. The predicted octanol–water partition coefficient (Wildman–Crippen LogP) is 3.75. The Morgan fingerprint density at radius 2 is 1.90 bits per heavy atom. The van der Waals surface area contributed by atoms with Crippen LogP contribution < -0.4 is 10.1 Å². The summed E-state index contributed by atoms with van der Waals surface area (Å²) >= 11 is 0. The highest BCUT2D eigenvalue weighted by Crippen LogP contribution is 2.16. The summed E-state index contributed by atoms with van der Waals surface area (Å²) in [6.45, 7) is 4.11. The van der Waals surface area contributed by atoms with E-state index < -0.39 is 0 Å². The monoisotopic (exact) mass is 283 g/mol. The minimum atomic E-state index is -0.0963. The van der Waals surface area contributed by atoms with E-state index >= 15 is 0 Å². The third-order valence-corrected chi connectivity index (χ3v) is 3.57. The topological polar surface area (TPSA) is 38.3 Å². The second kappa shape index (κ2) is 6.93. The lowest BCUT2D eigenvalue weighted by Gasteiger charge is -2.15. The zero-order valence-electron chi connectivity index (χ0n) is 12.7. The highest BCUT2D eigenvalue weighted by Gasteiger charge is 2.11. The fourth-order valence-corrected chi connectivity index (χ4v) is 2.17. The number of methoxy groups -OCH3 is 1. The molecule has 2 rings (SSSR count). The molecule has 2 aromatic rings. The van der Waals surface area contributed by atoms with Gasteiger partial charge in [0, 0.05) is 5.56 Å². The standard InChI is InChI=1S/C18H21NO2/c1-4-14-8-10-15(11-9-14)13(2)19-18(20)16-6-5-7-17(12-16)21-3/h5-13H,4H2,1-3H3,(H,19,20). The molecule has 1 atom stereocenters. The number of nitrogens with one attached hydrogen (secondary N) is 1. The molecule has 0 aliphatic carbocycles. The Labute approximate surface area is 126 Å². The zero-order valence-corrected chi connectivity index (χ0v) is 12.7. The normalized spacial score (nSPS) is 11.8. The van der Waals surface area contributed by atoms with Gasteiger partial charge in [-0.2, -0.15) is 0 Å². The maximum absolute atomic E-state index is 12.3. The third-order valence-electron chi connectivity index (χ3n) is 3.57. The molecular formula is C18H21NO2. The summed E-state index contributed by atoms with van der Waals surface area (Å²) in [5.74, 6) is 0.587. The second-order valence-corrected chi connectivity index (χ2v) is 5.02. The van der Waals surface area contributed by atoms with Gasteiger partial charge < -0.3 is 10.1 Å². The highest BCUT2D eigenvalue weighted by molar-refractivity contribution is 5.94. The van der Waals surface area contributed by atoms with Crippen molar-refractivity contribution >= 4 is 5.91 Å². The first-order chi connectivity index (χ1) is 10.1. The van der Waals surface area contributed by atoms with Crippen LogP contribution in [0.1, 0.15) is 41.4 Å². The molecule has 0 radical (unpaired) electrons. The van der Waals surface area contributed by atoms with Crippen LogP contribution in [-0.4, -0.2) is 13.0 Å². The quantitative estimate of drug-likeness (QED) is 0.907. The second-order valence-electron chi connectivity index (χ2n) is 5.02. The van der Waals surface area contributed by atoms with Crippen molar-refractivity contribution in [2.75, 3.05) is 7.11 Å². The largest absolute Gasteiger partial charge is 0.497 e. The summed E-state index contributed by atoms with van der Waals surface area (Å²) < 4.78 is 5.14. The van der Waals surface area contributed by atoms with E-state index in [1.807, 2.05) is 19.1 Å². The molecule has 1 amide bonds. The van der Waals surface area contributed by atoms with E-state index in [4.69, 9.17) is 4.74 Å². The molecule has 0 saturated heterocycles. The average molecular weight is 283 g/mol. The van der Waals surface area contributed by atoms with Crippen molar-refractivity contribution in [3.05, 3.63) is 65.2 Å². The molecule has 1 N–H and O–H groups in total. The first-order valence-electron chi connectivity index (χ1n) is 7.17. The number of ether oxygens (including phenoxy) is 1.